The Labute approximate surface area is 230 Å². The number of carboxylic acid groups (broad SMARTS) is 1. The van der Waals surface area contributed by atoms with Crippen molar-refractivity contribution in [3.8, 4) is 17.2 Å². The van der Waals surface area contributed by atoms with Gasteiger partial charge in [-0.05, 0) is 70.4 Å². The Kier molecular flexibility index (Phi) is 6.98. The minimum absolute atomic E-state index is 0.317. The lowest BCUT2D eigenvalue weighted by Crippen LogP contribution is -2.30. The van der Waals surface area contributed by atoms with Crippen molar-refractivity contribution in [3.05, 3.63) is 94.1 Å². The van der Waals surface area contributed by atoms with Gasteiger partial charge in [-0.25, -0.2) is 4.79 Å². The van der Waals surface area contributed by atoms with E-state index in [-0.39, 0.29) is 11.1 Å². The second-order valence-corrected chi connectivity index (χ2v) is 11.3. The molecule has 2 aliphatic rings. The maximum atomic E-state index is 11.3. The molecular weight excluding hydrogens is 490 g/mol. The first-order chi connectivity index (χ1) is 18.5. The average Bonchev–Trinajstić information content (AvgIpc) is 3.21. The number of ether oxygens (including phenoxy) is 3. The van der Waals surface area contributed by atoms with Crippen molar-refractivity contribution < 1.29 is 24.1 Å². The third-order valence-corrected chi connectivity index (χ3v) is 6.91. The van der Waals surface area contributed by atoms with Gasteiger partial charge in [-0.3, -0.25) is 4.99 Å². The zero-order valence-electron chi connectivity index (χ0n) is 23.2. The first-order valence-electron chi connectivity index (χ1n) is 13.4. The summed E-state index contributed by atoms with van der Waals surface area (Å²) in [6.07, 6.45) is 4.23. The Bertz CT molecular complexity index is 1470. The van der Waals surface area contributed by atoms with Gasteiger partial charge in [-0.15, -0.1) is 0 Å². The van der Waals surface area contributed by atoms with E-state index in [1.54, 1.807) is 6.08 Å². The van der Waals surface area contributed by atoms with Gasteiger partial charge in [-0.1, -0.05) is 42.5 Å². The molecule has 0 saturated heterocycles. The van der Waals surface area contributed by atoms with Crippen LogP contribution in [-0.4, -0.2) is 34.5 Å². The van der Waals surface area contributed by atoms with E-state index in [1.807, 2.05) is 55.5 Å². The summed E-state index contributed by atoms with van der Waals surface area (Å²) in [4.78, 5) is 16.5. The van der Waals surface area contributed by atoms with E-state index < -0.39 is 5.97 Å². The third kappa shape index (κ3) is 5.70. The van der Waals surface area contributed by atoms with Crippen molar-refractivity contribution in [2.24, 2.45) is 4.99 Å². The molecule has 0 fully saturated rings. The lowest BCUT2D eigenvalue weighted by Gasteiger charge is -2.31. The molecule has 0 unspecified atom stereocenters. The highest BCUT2D eigenvalue weighted by Crippen LogP contribution is 2.48. The molecule has 0 radical (unpaired) electrons. The summed E-state index contributed by atoms with van der Waals surface area (Å²) in [5, 5.41) is 9.22. The van der Waals surface area contributed by atoms with Gasteiger partial charge in [0.05, 0.1) is 17.9 Å². The van der Waals surface area contributed by atoms with Gasteiger partial charge in [0, 0.05) is 34.8 Å². The minimum Gasteiger partial charge on any atom is -0.490 e. The molecule has 1 N–H and O–H groups in total. The molecule has 202 valence electrons. The van der Waals surface area contributed by atoms with Crippen LogP contribution in [0.5, 0.6) is 17.2 Å². The molecule has 6 heteroatoms. The van der Waals surface area contributed by atoms with Crippen molar-refractivity contribution >= 4 is 17.8 Å². The monoisotopic (exact) mass is 525 g/mol. The summed E-state index contributed by atoms with van der Waals surface area (Å²) in [6.45, 7) is 11.4. The predicted molar refractivity (Wildman–Crippen MR) is 153 cm³/mol. The number of rotatable bonds is 8. The number of hydrogen-bond donors (Lipinski definition) is 1. The van der Waals surface area contributed by atoms with E-state index in [1.165, 1.54) is 5.56 Å². The van der Waals surface area contributed by atoms with E-state index in [9.17, 15) is 9.90 Å². The molecule has 0 amide bonds. The van der Waals surface area contributed by atoms with Crippen molar-refractivity contribution in [2.45, 2.75) is 65.2 Å². The van der Waals surface area contributed by atoms with Crippen LogP contribution in [0.3, 0.4) is 0 Å². The van der Waals surface area contributed by atoms with Crippen molar-refractivity contribution in [3.63, 3.8) is 0 Å². The molecule has 0 atom stereocenters. The molecule has 6 nitrogen and oxygen atoms in total. The fourth-order valence-corrected chi connectivity index (χ4v) is 5.38. The fraction of sp³-hybridized carbons (Fsp3) is 0.333. The van der Waals surface area contributed by atoms with Crippen LogP contribution in [0.15, 0.2) is 65.7 Å². The molecular formula is C33H35NO5. The van der Waals surface area contributed by atoms with Crippen LogP contribution < -0.4 is 14.2 Å². The number of aliphatic carboxylic acids is 1. The molecule has 0 bridgehead atoms. The van der Waals surface area contributed by atoms with Crippen LogP contribution in [-0.2, 0) is 24.2 Å². The SMILES string of the molecule is CCOc1cc2c(c3c1OC(C)(C)C3)C(c1ccc(/C=C/C(=O)O)c(OCc3ccccc3)c1)=NC(C)(C)C2. The number of hydrogen-bond acceptors (Lipinski definition) is 5. The first-order valence-corrected chi connectivity index (χ1v) is 13.4. The molecule has 2 aliphatic heterocycles. The second kappa shape index (κ2) is 10.3. The van der Waals surface area contributed by atoms with Crippen LogP contribution in [0, 0.1) is 0 Å². The van der Waals surface area contributed by atoms with Gasteiger partial charge in [0.25, 0.3) is 0 Å². The number of nitrogens with zero attached hydrogens (tertiary/aromatic N) is 1. The molecule has 0 aromatic heterocycles. The molecule has 5 rings (SSSR count). The van der Waals surface area contributed by atoms with Crippen LogP contribution >= 0.6 is 0 Å². The molecule has 0 aliphatic carbocycles. The van der Waals surface area contributed by atoms with Crippen molar-refractivity contribution in [2.75, 3.05) is 6.61 Å². The van der Waals surface area contributed by atoms with E-state index in [0.717, 1.165) is 58.4 Å². The van der Waals surface area contributed by atoms with Gasteiger partial charge in [0.2, 0.25) is 0 Å². The largest absolute Gasteiger partial charge is 0.490 e. The Hall–Kier alpha value is -4.06. The number of carboxylic acids is 1. The van der Waals surface area contributed by atoms with Crippen LogP contribution in [0.2, 0.25) is 0 Å². The zero-order valence-corrected chi connectivity index (χ0v) is 23.2. The lowest BCUT2D eigenvalue weighted by molar-refractivity contribution is -0.131. The van der Waals surface area contributed by atoms with Gasteiger partial charge in [-0.2, -0.15) is 0 Å². The second-order valence-electron chi connectivity index (χ2n) is 11.3. The summed E-state index contributed by atoms with van der Waals surface area (Å²) < 4.78 is 18.7. The Morgan fingerprint density at radius 2 is 1.79 bits per heavy atom. The van der Waals surface area contributed by atoms with Crippen LogP contribution in [0.1, 0.15) is 68.0 Å². The summed E-state index contributed by atoms with van der Waals surface area (Å²) >= 11 is 0. The number of carbonyl (C=O) groups is 1. The average molecular weight is 526 g/mol. The predicted octanol–water partition coefficient (Wildman–Crippen LogP) is 6.65. The summed E-state index contributed by atoms with van der Waals surface area (Å²) in [6, 6.07) is 17.9. The van der Waals surface area contributed by atoms with Gasteiger partial charge >= 0.3 is 5.97 Å². The maximum absolute atomic E-state index is 11.3. The van der Waals surface area contributed by atoms with Gasteiger partial charge in [0.1, 0.15) is 18.0 Å². The molecule has 0 spiro atoms. The first kappa shape index (κ1) is 26.5. The Balaban J connectivity index is 1.63. The highest BCUT2D eigenvalue weighted by Gasteiger charge is 2.39. The van der Waals surface area contributed by atoms with Crippen LogP contribution in [0.4, 0.5) is 0 Å². The third-order valence-electron chi connectivity index (χ3n) is 6.91. The standard InChI is InChI=1S/C33H35NO5/c1-6-37-27-17-24-18-32(2,3)34-30(29(24)25-19-33(4,5)39-31(25)27)23-13-12-22(14-15-28(35)36)26(16-23)38-20-21-10-8-7-9-11-21/h7-17H,6,18-20H2,1-5H3,(H,35,36)/b15-14+. The minimum atomic E-state index is -1.01. The quantitative estimate of drug-likeness (QED) is 0.333. The maximum Gasteiger partial charge on any atom is 0.328 e. The topological polar surface area (TPSA) is 77.4 Å². The fourth-order valence-electron chi connectivity index (χ4n) is 5.38. The smallest absolute Gasteiger partial charge is 0.328 e. The number of benzene rings is 3. The van der Waals surface area contributed by atoms with E-state index in [2.05, 4.69) is 33.8 Å². The Morgan fingerprint density at radius 3 is 2.51 bits per heavy atom. The van der Waals surface area contributed by atoms with Crippen molar-refractivity contribution in [1.29, 1.82) is 0 Å². The Morgan fingerprint density at radius 1 is 1.03 bits per heavy atom. The molecule has 3 aromatic carbocycles. The number of aliphatic imine (C=N–C) groups is 1. The van der Waals surface area contributed by atoms with E-state index in [0.29, 0.717) is 24.5 Å². The summed E-state index contributed by atoms with van der Waals surface area (Å²) in [5.74, 6) is 1.17. The van der Waals surface area contributed by atoms with E-state index >= 15 is 0 Å². The summed E-state index contributed by atoms with van der Waals surface area (Å²) in [7, 11) is 0. The lowest BCUT2D eigenvalue weighted by atomic mass is 9.81. The van der Waals surface area contributed by atoms with Crippen LogP contribution in [0.25, 0.3) is 6.08 Å². The number of fused-ring (bicyclic) bond motifs is 3. The highest BCUT2D eigenvalue weighted by atomic mass is 16.5. The van der Waals surface area contributed by atoms with E-state index in [4.69, 9.17) is 19.2 Å². The molecule has 2 heterocycles. The van der Waals surface area contributed by atoms with Crippen molar-refractivity contribution in [1.82, 2.24) is 0 Å². The molecule has 3 aromatic rings. The summed E-state index contributed by atoms with van der Waals surface area (Å²) in [5.41, 5.74) is 6.26. The normalized spacial score (nSPS) is 16.7. The molecule has 0 saturated carbocycles. The highest BCUT2D eigenvalue weighted by molar-refractivity contribution is 6.16. The molecule has 39 heavy (non-hydrogen) atoms. The van der Waals surface area contributed by atoms with Gasteiger partial charge in [0.15, 0.2) is 11.5 Å². The van der Waals surface area contributed by atoms with Gasteiger partial charge < -0.3 is 19.3 Å². The zero-order chi connectivity index (χ0) is 27.8.